The Bertz CT molecular complexity index is 184. The first-order valence-corrected chi connectivity index (χ1v) is 8.21. The van der Waals surface area contributed by atoms with Crippen LogP contribution >= 0.6 is 0 Å². The topological polar surface area (TPSA) is 62.9 Å². The van der Waals surface area contributed by atoms with Crippen molar-refractivity contribution in [2.24, 2.45) is 5.73 Å². The number of hydrogen-bond acceptors (Lipinski definition) is 5. The van der Waals surface area contributed by atoms with Gasteiger partial charge in [0.1, 0.15) is 0 Å². The minimum Gasteiger partial charge on any atom is -0.379 e. The number of rotatable bonds is 10. The van der Waals surface area contributed by atoms with Crippen molar-refractivity contribution in [3.05, 3.63) is 0 Å². The molecule has 0 aliphatic heterocycles. The highest BCUT2D eigenvalue weighted by Crippen LogP contribution is 2.17. The molecule has 0 amide bonds. The molecule has 0 radical (unpaired) electrons. The molecule has 0 saturated carbocycles. The van der Waals surface area contributed by atoms with Gasteiger partial charge >= 0.3 is 8.80 Å². The highest BCUT2D eigenvalue weighted by Gasteiger charge is 2.41. The summed E-state index contributed by atoms with van der Waals surface area (Å²) in [5, 5.41) is 0. The highest BCUT2D eigenvalue weighted by molar-refractivity contribution is 6.60. The molecule has 0 aliphatic carbocycles. The van der Waals surface area contributed by atoms with Crippen molar-refractivity contribution in [2.75, 3.05) is 19.8 Å². The smallest absolute Gasteiger partial charge is 0.379 e. The summed E-state index contributed by atoms with van der Waals surface area (Å²) >= 11 is 0. The first kappa shape index (κ1) is 17.0. The Morgan fingerprint density at radius 3 is 1.94 bits per heavy atom. The zero-order valence-corrected chi connectivity index (χ0v) is 12.7. The average Bonchev–Trinajstić information content (AvgIpc) is 2.16. The molecular weight excluding hydrogens is 238 g/mol. The van der Waals surface area contributed by atoms with Crippen molar-refractivity contribution in [2.45, 2.75) is 53.0 Å². The zero-order chi connectivity index (χ0) is 13.3. The van der Waals surface area contributed by atoms with Crippen molar-refractivity contribution < 1.29 is 18.0 Å². The Morgan fingerprint density at radius 1 is 1.06 bits per heavy atom. The van der Waals surface area contributed by atoms with Crippen LogP contribution in [0.4, 0.5) is 0 Å². The van der Waals surface area contributed by atoms with Crippen LogP contribution in [0.2, 0.25) is 6.04 Å². The van der Waals surface area contributed by atoms with Crippen LogP contribution in [0.1, 0.15) is 34.6 Å². The van der Waals surface area contributed by atoms with E-state index < -0.39 is 8.80 Å². The molecule has 0 aromatic carbocycles. The lowest BCUT2D eigenvalue weighted by Gasteiger charge is -2.30. The summed E-state index contributed by atoms with van der Waals surface area (Å²) in [6, 6.07) is 0.633. The molecule has 5 nitrogen and oxygen atoms in total. The molecule has 0 spiro atoms. The molecule has 0 bridgehead atoms. The van der Waals surface area contributed by atoms with E-state index in [1.807, 2.05) is 27.7 Å². The monoisotopic (exact) mass is 265 g/mol. The van der Waals surface area contributed by atoms with Crippen LogP contribution in [0.15, 0.2) is 0 Å². The van der Waals surface area contributed by atoms with Crippen LogP contribution in [0.3, 0.4) is 0 Å². The lowest BCUT2D eigenvalue weighted by atomic mass is 10.5. The fraction of sp³-hybridized carbons (Fsp3) is 1.00. The van der Waals surface area contributed by atoms with Crippen LogP contribution < -0.4 is 5.73 Å². The standard InChI is InChI=1S/C11H27NO4Si/c1-6-14-17(15-7-2,16-11(5)12)9-8-13-10(3)4/h10-11H,6-9,12H2,1-5H3. The molecule has 2 N–H and O–H groups in total. The van der Waals surface area contributed by atoms with E-state index in [0.717, 1.165) is 0 Å². The van der Waals surface area contributed by atoms with Crippen LogP contribution in [-0.2, 0) is 18.0 Å². The molecule has 0 aromatic rings. The normalized spacial score (nSPS) is 14.3. The Labute approximate surface area is 106 Å². The van der Waals surface area contributed by atoms with Crippen LogP contribution in [0, 0.1) is 0 Å². The second-order valence-corrected chi connectivity index (χ2v) is 6.72. The summed E-state index contributed by atoms with van der Waals surface area (Å²) in [4.78, 5) is 0. The summed E-state index contributed by atoms with van der Waals surface area (Å²) in [5.74, 6) is 0. The third-order valence-corrected chi connectivity index (χ3v) is 4.96. The molecule has 0 fully saturated rings. The fourth-order valence-electron chi connectivity index (χ4n) is 1.46. The second-order valence-electron chi connectivity index (χ2n) is 4.04. The van der Waals surface area contributed by atoms with Crippen LogP contribution in [0.25, 0.3) is 0 Å². The predicted molar refractivity (Wildman–Crippen MR) is 69.6 cm³/mol. The summed E-state index contributed by atoms with van der Waals surface area (Å²) < 4.78 is 22.6. The van der Waals surface area contributed by atoms with E-state index in [9.17, 15) is 0 Å². The van der Waals surface area contributed by atoms with Gasteiger partial charge in [0.2, 0.25) is 0 Å². The number of nitrogens with two attached hydrogens (primary N) is 1. The minimum absolute atomic E-state index is 0.195. The Morgan fingerprint density at radius 2 is 1.59 bits per heavy atom. The first-order valence-electron chi connectivity index (χ1n) is 6.28. The molecule has 104 valence electrons. The largest absolute Gasteiger partial charge is 0.504 e. The third kappa shape index (κ3) is 7.85. The van der Waals surface area contributed by atoms with Gasteiger partial charge in [0.25, 0.3) is 0 Å². The van der Waals surface area contributed by atoms with Gasteiger partial charge in [-0.15, -0.1) is 0 Å². The molecule has 0 saturated heterocycles. The quantitative estimate of drug-likeness (QED) is 0.481. The lowest BCUT2D eigenvalue weighted by Crippen LogP contribution is -2.50. The summed E-state index contributed by atoms with van der Waals surface area (Å²) in [5.41, 5.74) is 5.68. The first-order chi connectivity index (χ1) is 7.95. The van der Waals surface area contributed by atoms with Gasteiger partial charge in [-0.1, -0.05) is 0 Å². The fourth-order valence-corrected chi connectivity index (χ4v) is 3.90. The van der Waals surface area contributed by atoms with Crippen molar-refractivity contribution >= 4 is 8.80 Å². The van der Waals surface area contributed by atoms with E-state index in [1.165, 1.54) is 0 Å². The molecule has 1 atom stereocenters. The number of ether oxygens (including phenoxy) is 1. The van der Waals surface area contributed by atoms with E-state index >= 15 is 0 Å². The van der Waals surface area contributed by atoms with Crippen molar-refractivity contribution in [3.63, 3.8) is 0 Å². The van der Waals surface area contributed by atoms with E-state index in [-0.39, 0.29) is 12.3 Å². The maximum absolute atomic E-state index is 5.70. The Hall–Kier alpha value is 0.0169. The second kappa shape index (κ2) is 9.01. The Kier molecular flexibility index (Phi) is 9.02. The average molecular weight is 265 g/mol. The molecule has 0 heterocycles. The summed E-state index contributed by atoms with van der Waals surface area (Å²) in [7, 11) is -2.68. The van der Waals surface area contributed by atoms with Gasteiger partial charge in [0.05, 0.1) is 18.9 Å². The molecule has 1 unspecified atom stereocenters. The molecule has 0 aliphatic rings. The lowest BCUT2D eigenvalue weighted by molar-refractivity contribution is 0.0248. The van der Waals surface area contributed by atoms with Gasteiger partial charge in [-0.2, -0.15) is 0 Å². The van der Waals surface area contributed by atoms with Crippen LogP contribution in [0.5, 0.6) is 0 Å². The van der Waals surface area contributed by atoms with Gasteiger partial charge in [-0.3, -0.25) is 0 Å². The molecule has 17 heavy (non-hydrogen) atoms. The van der Waals surface area contributed by atoms with E-state index in [1.54, 1.807) is 6.92 Å². The minimum atomic E-state index is -2.68. The highest BCUT2D eigenvalue weighted by atomic mass is 28.4. The SMILES string of the molecule is CCO[Si](CCOC(C)C)(OCC)OC(C)N. The van der Waals surface area contributed by atoms with E-state index in [4.69, 9.17) is 23.7 Å². The van der Waals surface area contributed by atoms with Gasteiger partial charge in [-0.25, -0.2) is 0 Å². The van der Waals surface area contributed by atoms with Gasteiger partial charge < -0.3 is 23.7 Å². The summed E-state index contributed by atoms with van der Waals surface area (Å²) in [6.45, 7) is 11.3. The van der Waals surface area contributed by atoms with E-state index in [2.05, 4.69) is 0 Å². The molecule has 0 aromatic heterocycles. The molecule has 0 rings (SSSR count). The molecule has 6 heteroatoms. The molecular formula is C11H27NO4Si. The van der Waals surface area contributed by atoms with Gasteiger partial charge in [0.15, 0.2) is 0 Å². The van der Waals surface area contributed by atoms with Gasteiger partial charge in [0, 0.05) is 19.3 Å². The van der Waals surface area contributed by atoms with Crippen molar-refractivity contribution in [3.8, 4) is 0 Å². The van der Waals surface area contributed by atoms with Crippen molar-refractivity contribution in [1.29, 1.82) is 0 Å². The third-order valence-electron chi connectivity index (χ3n) is 1.95. The van der Waals surface area contributed by atoms with Gasteiger partial charge in [-0.05, 0) is 34.6 Å². The number of hydrogen-bond donors (Lipinski definition) is 1. The summed E-state index contributed by atoms with van der Waals surface area (Å²) in [6.07, 6.45) is -0.195. The van der Waals surface area contributed by atoms with Crippen LogP contribution in [-0.4, -0.2) is 41.0 Å². The predicted octanol–water partition coefficient (Wildman–Crippen LogP) is 1.74. The Balaban J connectivity index is 4.41. The maximum atomic E-state index is 5.70. The van der Waals surface area contributed by atoms with Crippen molar-refractivity contribution in [1.82, 2.24) is 0 Å². The zero-order valence-electron chi connectivity index (χ0n) is 11.7. The maximum Gasteiger partial charge on any atom is 0.504 e. The van der Waals surface area contributed by atoms with E-state index in [0.29, 0.717) is 25.9 Å².